The van der Waals surface area contributed by atoms with E-state index in [0.717, 1.165) is 35.1 Å². The number of hydrogen-bond donors (Lipinski definition) is 1. The Kier molecular flexibility index (Phi) is 5.77. The molecule has 33 heavy (non-hydrogen) atoms. The van der Waals surface area contributed by atoms with E-state index in [1.54, 1.807) is 0 Å². The molecule has 0 bridgehead atoms. The molecule has 1 fully saturated rings. The fourth-order valence-electron chi connectivity index (χ4n) is 4.49. The highest BCUT2D eigenvalue weighted by molar-refractivity contribution is 7.11. The molecule has 5 rings (SSSR count). The molecule has 168 valence electrons. The van der Waals surface area contributed by atoms with E-state index in [1.165, 1.54) is 34.8 Å². The molecule has 0 unspecified atom stereocenters. The lowest BCUT2D eigenvalue weighted by Gasteiger charge is -2.32. The number of hydrogen-bond acceptors (Lipinski definition) is 5. The third-order valence-corrected chi connectivity index (χ3v) is 7.38. The van der Waals surface area contributed by atoms with Gasteiger partial charge in [0.15, 0.2) is 0 Å². The van der Waals surface area contributed by atoms with Crippen molar-refractivity contribution in [2.45, 2.75) is 26.7 Å². The third-order valence-electron chi connectivity index (χ3n) is 6.49. The minimum Gasteiger partial charge on any atom is -0.372 e. The van der Waals surface area contributed by atoms with Gasteiger partial charge in [-0.2, -0.15) is 0 Å². The minimum absolute atomic E-state index is 0.293. The largest absolute Gasteiger partial charge is 0.372 e. The number of amides is 2. The van der Waals surface area contributed by atoms with Gasteiger partial charge in [0.25, 0.3) is 11.8 Å². The van der Waals surface area contributed by atoms with Gasteiger partial charge in [-0.3, -0.25) is 9.59 Å². The first-order chi connectivity index (χ1) is 16.0. The Morgan fingerprint density at radius 3 is 2.30 bits per heavy atom. The Labute approximate surface area is 198 Å². The average Bonchev–Trinajstić information content (AvgIpc) is 3.42. The van der Waals surface area contributed by atoms with Crippen molar-refractivity contribution in [3.8, 4) is 0 Å². The second kappa shape index (κ2) is 8.87. The summed E-state index contributed by atoms with van der Waals surface area (Å²) in [6, 6.07) is 19.4. The van der Waals surface area contributed by atoms with Crippen molar-refractivity contribution < 1.29 is 9.59 Å². The number of imide groups is 1. The first-order valence-corrected chi connectivity index (χ1v) is 12.3. The molecule has 0 aliphatic carbocycles. The predicted octanol–water partition coefficient (Wildman–Crippen LogP) is 5.69. The van der Waals surface area contributed by atoms with Gasteiger partial charge in [0, 0.05) is 29.3 Å². The topological polar surface area (TPSA) is 52.7 Å². The van der Waals surface area contributed by atoms with E-state index in [9.17, 15) is 9.59 Å². The van der Waals surface area contributed by atoms with Crippen molar-refractivity contribution in [3.63, 3.8) is 0 Å². The second-order valence-electron chi connectivity index (χ2n) is 8.80. The molecular weight excluding hydrogens is 430 g/mol. The monoisotopic (exact) mass is 457 g/mol. The van der Waals surface area contributed by atoms with Crippen LogP contribution in [0.4, 0.5) is 17.1 Å². The highest BCUT2D eigenvalue weighted by atomic mass is 32.1. The smallest absolute Gasteiger partial charge is 0.282 e. The summed E-state index contributed by atoms with van der Waals surface area (Å²) in [5.74, 6) is 0.164. The summed E-state index contributed by atoms with van der Waals surface area (Å²) >= 11 is 1.46. The summed E-state index contributed by atoms with van der Waals surface area (Å²) in [6.07, 6.45) is 2.42. The van der Waals surface area contributed by atoms with Crippen LogP contribution < -0.4 is 15.1 Å². The normalized spacial score (nSPS) is 17.3. The summed E-state index contributed by atoms with van der Waals surface area (Å²) in [5.41, 5.74) is 4.23. The van der Waals surface area contributed by atoms with Crippen molar-refractivity contribution in [3.05, 3.63) is 82.2 Å². The van der Waals surface area contributed by atoms with Crippen LogP contribution in [-0.2, 0) is 9.59 Å². The molecule has 1 saturated heterocycles. The molecule has 3 heterocycles. The van der Waals surface area contributed by atoms with E-state index in [4.69, 9.17) is 0 Å². The third kappa shape index (κ3) is 4.07. The number of carbonyl (C=O) groups excluding carboxylic acids is 2. The maximum atomic E-state index is 13.5. The number of anilines is 3. The second-order valence-corrected chi connectivity index (χ2v) is 9.75. The van der Waals surface area contributed by atoms with Crippen LogP contribution in [-0.4, -0.2) is 24.9 Å². The number of aryl methyl sites for hydroxylation is 1. The Bertz CT molecular complexity index is 1210. The average molecular weight is 458 g/mol. The number of nitrogens with zero attached hydrogens (tertiary/aromatic N) is 2. The van der Waals surface area contributed by atoms with Gasteiger partial charge < -0.3 is 10.2 Å². The van der Waals surface area contributed by atoms with E-state index < -0.39 is 0 Å². The summed E-state index contributed by atoms with van der Waals surface area (Å²) in [5, 5.41) is 5.19. The standard InChI is InChI=1S/C27H27N3O2S/c1-18-13-15-29(16-14-18)21-11-9-20(10-12-21)28-25-24(23-8-5-17-33-23)26(31)30(27(25)32)22-7-4-3-6-19(22)2/h3-12,17-18,28H,13-16H2,1-2H3. The molecule has 0 saturated carbocycles. The fraction of sp³-hybridized carbons (Fsp3) is 0.259. The highest BCUT2D eigenvalue weighted by Crippen LogP contribution is 2.36. The number of piperidine rings is 1. The van der Waals surface area contributed by atoms with Crippen LogP contribution in [0.5, 0.6) is 0 Å². The van der Waals surface area contributed by atoms with Gasteiger partial charge in [0.1, 0.15) is 5.70 Å². The molecule has 5 nitrogen and oxygen atoms in total. The van der Waals surface area contributed by atoms with Crippen molar-refractivity contribution in [2.75, 3.05) is 28.2 Å². The number of para-hydroxylation sites is 1. The Hall–Kier alpha value is -3.38. The number of benzene rings is 2. The lowest BCUT2D eigenvalue weighted by atomic mass is 9.99. The molecular formula is C27H27N3O2S. The fourth-order valence-corrected chi connectivity index (χ4v) is 5.26. The summed E-state index contributed by atoms with van der Waals surface area (Å²) in [7, 11) is 0. The van der Waals surface area contributed by atoms with Crippen LogP contribution >= 0.6 is 11.3 Å². The van der Waals surface area contributed by atoms with E-state index in [0.29, 0.717) is 17.0 Å². The number of nitrogens with one attached hydrogen (secondary N) is 1. The van der Waals surface area contributed by atoms with E-state index >= 15 is 0 Å². The first-order valence-electron chi connectivity index (χ1n) is 11.4. The molecule has 3 aromatic rings. The number of thiophene rings is 1. The van der Waals surface area contributed by atoms with Crippen LogP contribution in [0, 0.1) is 12.8 Å². The zero-order chi connectivity index (χ0) is 22.9. The maximum Gasteiger partial charge on any atom is 0.282 e. The van der Waals surface area contributed by atoms with E-state index in [2.05, 4.69) is 29.3 Å². The Balaban J connectivity index is 1.45. The molecule has 1 N–H and O–H groups in total. The van der Waals surface area contributed by atoms with Gasteiger partial charge in [0.05, 0.1) is 11.3 Å². The van der Waals surface area contributed by atoms with Crippen molar-refractivity contribution in [1.29, 1.82) is 0 Å². The van der Waals surface area contributed by atoms with E-state index in [1.807, 2.05) is 60.8 Å². The van der Waals surface area contributed by atoms with Gasteiger partial charge in [0.2, 0.25) is 0 Å². The molecule has 0 atom stereocenters. The van der Waals surface area contributed by atoms with Gasteiger partial charge in [-0.15, -0.1) is 11.3 Å². The van der Waals surface area contributed by atoms with Crippen molar-refractivity contribution >= 4 is 45.8 Å². The minimum atomic E-state index is -0.327. The molecule has 0 spiro atoms. The number of rotatable bonds is 5. The zero-order valence-corrected chi connectivity index (χ0v) is 19.7. The van der Waals surface area contributed by atoms with Gasteiger partial charge in [-0.25, -0.2) is 4.90 Å². The Morgan fingerprint density at radius 2 is 1.64 bits per heavy atom. The van der Waals surface area contributed by atoms with Crippen LogP contribution in [0.2, 0.25) is 0 Å². The maximum absolute atomic E-state index is 13.5. The lowest BCUT2D eigenvalue weighted by Crippen LogP contribution is -2.33. The SMILES string of the molecule is Cc1ccccc1N1C(=O)C(Nc2ccc(N3CCC(C)CC3)cc2)=C(c2cccs2)C1=O. The first kappa shape index (κ1) is 21.5. The lowest BCUT2D eigenvalue weighted by molar-refractivity contribution is -0.120. The van der Waals surface area contributed by atoms with Gasteiger partial charge in [-0.1, -0.05) is 31.2 Å². The molecule has 0 radical (unpaired) electrons. The molecule has 2 aliphatic rings. The zero-order valence-electron chi connectivity index (χ0n) is 18.9. The van der Waals surface area contributed by atoms with Crippen LogP contribution in [0.25, 0.3) is 5.57 Å². The van der Waals surface area contributed by atoms with Crippen molar-refractivity contribution in [2.24, 2.45) is 5.92 Å². The van der Waals surface area contributed by atoms with Gasteiger partial charge in [-0.05, 0) is 73.0 Å². The van der Waals surface area contributed by atoms with Crippen LogP contribution in [0.3, 0.4) is 0 Å². The molecule has 6 heteroatoms. The molecule has 1 aromatic heterocycles. The molecule has 2 aromatic carbocycles. The summed E-state index contributed by atoms with van der Waals surface area (Å²) in [6.45, 7) is 6.36. The number of carbonyl (C=O) groups is 2. The molecule has 2 amide bonds. The van der Waals surface area contributed by atoms with Crippen LogP contribution in [0.15, 0.2) is 71.7 Å². The highest BCUT2D eigenvalue weighted by Gasteiger charge is 2.41. The van der Waals surface area contributed by atoms with Crippen LogP contribution in [0.1, 0.15) is 30.2 Å². The van der Waals surface area contributed by atoms with Gasteiger partial charge >= 0.3 is 0 Å². The summed E-state index contributed by atoms with van der Waals surface area (Å²) < 4.78 is 0. The Morgan fingerprint density at radius 1 is 0.909 bits per heavy atom. The predicted molar refractivity (Wildman–Crippen MR) is 136 cm³/mol. The quantitative estimate of drug-likeness (QED) is 0.500. The van der Waals surface area contributed by atoms with E-state index in [-0.39, 0.29) is 11.8 Å². The summed E-state index contributed by atoms with van der Waals surface area (Å²) in [4.78, 5) is 31.4. The molecule has 2 aliphatic heterocycles. The van der Waals surface area contributed by atoms with Crippen molar-refractivity contribution in [1.82, 2.24) is 0 Å².